The van der Waals surface area contributed by atoms with Gasteiger partial charge in [0.25, 0.3) is 5.89 Å². The van der Waals surface area contributed by atoms with Gasteiger partial charge >= 0.3 is 0 Å². The number of pyridine rings is 1. The number of hydrogen-bond donors (Lipinski definition) is 1. The first-order valence-electron chi connectivity index (χ1n) is 7.46. The van der Waals surface area contributed by atoms with E-state index >= 15 is 0 Å². The van der Waals surface area contributed by atoms with Gasteiger partial charge in [-0.2, -0.15) is 4.98 Å². The van der Waals surface area contributed by atoms with E-state index < -0.39 is 0 Å². The molecule has 0 bridgehead atoms. The highest BCUT2D eigenvalue weighted by Gasteiger charge is 2.44. The van der Waals surface area contributed by atoms with Crippen molar-refractivity contribution in [1.82, 2.24) is 15.1 Å². The van der Waals surface area contributed by atoms with E-state index in [1.54, 1.807) is 6.20 Å². The van der Waals surface area contributed by atoms with Crippen LogP contribution in [0.1, 0.15) is 39.0 Å². The van der Waals surface area contributed by atoms with Gasteiger partial charge in [-0.25, -0.2) is 4.98 Å². The maximum absolute atomic E-state index is 5.83. The summed E-state index contributed by atoms with van der Waals surface area (Å²) in [5, 5.41) is 7.22. The molecule has 0 saturated heterocycles. The fourth-order valence-electron chi connectivity index (χ4n) is 2.53. The van der Waals surface area contributed by atoms with Crippen LogP contribution in [0.5, 0.6) is 0 Å². The Morgan fingerprint density at radius 1 is 1.33 bits per heavy atom. The summed E-state index contributed by atoms with van der Waals surface area (Å²) in [6.45, 7) is 5.51. The molecule has 0 unspecified atom stereocenters. The fraction of sp³-hybridized carbons (Fsp3) is 0.533. The van der Waals surface area contributed by atoms with Crippen molar-refractivity contribution in [2.24, 2.45) is 0 Å². The highest BCUT2D eigenvalue weighted by atomic mass is 16.5. The van der Waals surface area contributed by atoms with E-state index in [4.69, 9.17) is 9.26 Å². The maximum atomic E-state index is 5.83. The molecule has 2 aromatic heterocycles. The van der Waals surface area contributed by atoms with Crippen LogP contribution < -0.4 is 5.32 Å². The Bertz CT molecular complexity index is 590. The fourth-order valence-corrected chi connectivity index (χ4v) is 2.53. The van der Waals surface area contributed by atoms with E-state index in [0.29, 0.717) is 18.3 Å². The normalized spacial score (nSPS) is 16.5. The summed E-state index contributed by atoms with van der Waals surface area (Å²) < 4.78 is 11.3. The number of rotatable bonds is 6. The number of nitrogens with one attached hydrogen (secondary N) is 1. The van der Waals surface area contributed by atoms with Crippen LogP contribution in [0.4, 0.5) is 5.82 Å². The third-order valence-electron chi connectivity index (χ3n) is 3.78. The lowest BCUT2D eigenvalue weighted by atomic mass is 9.80. The second-order valence-electron chi connectivity index (χ2n) is 5.17. The Morgan fingerprint density at radius 2 is 2.19 bits per heavy atom. The van der Waals surface area contributed by atoms with Crippen molar-refractivity contribution >= 4 is 5.82 Å². The third-order valence-corrected chi connectivity index (χ3v) is 3.78. The monoisotopic (exact) mass is 288 g/mol. The van der Waals surface area contributed by atoms with E-state index in [0.717, 1.165) is 37.2 Å². The van der Waals surface area contributed by atoms with Crippen molar-refractivity contribution in [3.8, 4) is 11.4 Å². The van der Waals surface area contributed by atoms with Crippen LogP contribution in [0.15, 0.2) is 22.9 Å². The van der Waals surface area contributed by atoms with Gasteiger partial charge < -0.3 is 14.6 Å². The molecule has 0 aromatic carbocycles. The molecule has 1 aliphatic carbocycles. The van der Waals surface area contributed by atoms with Crippen molar-refractivity contribution in [2.75, 3.05) is 18.5 Å². The second kappa shape index (κ2) is 5.81. The molecule has 0 atom stereocenters. The van der Waals surface area contributed by atoms with Gasteiger partial charge in [0.15, 0.2) is 0 Å². The van der Waals surface area contributed by atoms with Crippen molar-refractivity contribution in [3.05, 3.63) is 24.2 Å². The van der Waals surface area contributed by atoms with Gasteiger partial charge in [0.2, 0.25) is 5.82 Å². The Kier molecular flexibility index (Phi) is 3.88. The van der Waals surface area contributed by atoms with Crippen molar-refractivity contribution < 1.29 is 9.26 Å². The minimum absolute atomic E-state index is 0.364. The lowest BCUT2D eigenvalue weighted by molar-refractivity contribution is -0.120. The summed E-state index contributed by atoms with van der Waals surface area (Å²) in [4.78, 5) is 8.83. The third kappa shape index (κ3) is 2.63. The highest BCUT2D eigenvalue weighted by molar-refractivity contribution is 5.55. The van der Waals surface area contributed by atoms with Crippen LogP contribution in [0.3, 0.4) is 0 Å². The Morgan fingerprint density at radius 3 is 2.76 bits per heavy atom. The standard InChI is InChI=1S/C15H20N4O2/c1-3-16-12-7-6-11(10-17-12)13-18-14(21-19-13)15(20-4-2)8-5-9-15/h6-7,10H,3-5,8-9H2,1-2H3,(H,16,17). The van der Waals surface area contributed by atoms with Crippen molar-refractivity contribution in [3.63, 3.8) is 0 Å². The minimum Gasteiger partial charge on any atom is -0.370 e. The summed E-state index contributed by atoms with van der Waals surface area (Å²) in [7, 11) is 0. The first kappa shape index (κ1) is 14.0. The van der Waals surface area contributed by atoms with Crippen LogP contribution in [-0.4, -0.2) is 28.3 Å². The van der Waals surface area contributed by atoms with Crippen LogP contribution in [-0.2, 0) is 10.3 Å². The zero-order valence-corrected chi connectivity index (χ0v) is 12.4. The molecule has 6 nitrogen and oxygen atoms in total. The predicted molar refractivity (Wildman–Crippen MR) is 78.8 cm³/mol. The number of anilines is 1. The summed E-state index contributed by atoms with van der Waals surface area (Å²) in [6, 6.07) is 3.85. The van der Waals surface area contributed by atoms with Crippen molar-refractivity contribution in [1.29, 1.82) is 0 Å². The Labute approximate surface area is 123 Å². The van der Waals surface area contributed by atoms with Gasteiger partial charge in [0.05, 0.1) is 0 Å². The van der Waals surface area contributed by atoms with Crippen LogP contribution in [0.25, 0.3) is 11.4 Å². The van der Waals surface area contributed by atoms with Crippen LogP contribution >= 0.6 is 0 Å². The Balaban J connectivity index is 1.81. The quantitative estimate of drug-likeness (QED) is 0.881. The SMILES string of the molecule is CCNc1ccc(-c2noc(C3(OCC)CCC3)n2)cn1. The summed E-state index contributed by atoms with van der Waals surface area (Å²) in [5.41, 5.74) is 0.481. The van der Waals surface area contributed by atoms with E-state index in [1.807, 2.05) is 26.0 Å². The maximum Gasteiger partial charge on any atom is 0.259 e. The molecule has 1 fully saturated rings. The van der Waals surface area contributed by atoms with Gasteiger partial charge in [-0.1, -0.05) is 5.16 Å². The van der Waals surface area contributed by atoms with Gasteiger partial charge in [-0.05, 0) is 45.2 Å². The lowest BCUT2D eigenvalue weighted by Crippen LogP contribution is -2.37. The Hall–Kier alpha value is -1.95. The van der Waals surface area contributed by atoms with Gasteiger partial charge in [-0.15, -0.1) is 0 Å². The topological polar surface area (TPSA) is 73.1 Å². The van der Waals surface area contributed by atoms with E-state index in [2.05, 4.69) is 20.4 Å². The molecule has 21 heavy (non-hydrogen) atoms. The molecule has 112 valence electrons. The molecule has 0 aliphatic heterocycles. The van der Waals surface area contributed by atoms with Crippen LogP contribution in [0.2, 0.25) is 0 Å². The molecule has 1 aliphatic rings. The molecular weight excluding hydrogens is 268 g/mol. The average molecular weight is 288 g/mol. The highest BCUT2D eigenvalue weighted by Crippen LogP contribution is 2.44. The molecule has 6 heteroatoms. The zero-order valence-electron chi connectivity index (χ0n) is 12.4. The van der Waals surface area contributed by atoms with E-state index in [9.17, 15) is 0 Å². The number of aromatic nitrogens is 3. The van der Waals surface area contributed by atoms with Crippen LogP contribution in [0, 0.1) is 0 Å². The second-order valence-corrected chi connectivity index (χ2v) is 5.17. The van der Waals surface area contributed by atoms with E-state index in [-0.39, 0.29) is 5.60 Å². The number of ether oxygens (including phenoxy) is 1. The zero-order chi connectivity index (χ0) is 14.7. The molecule has 2 aromatic rings. The van der Waals surface area contributed by atoms with Crippen molar-refractivity contribution in [2.45, 2.75) is 38.7 Å². The van der Waals surface area contributed by atoms with E-state index in [1.165, 1.54) is 0 Å². The average Bonchev–Trinajstić information content (AvgIpc) is 2.94. The summed E-state index contributed by atoms with van der Waals surface area (Å²) in [5.74, 6) is 1.99. The minimum atomic E-state index is -0.364. The predicted octanol–water partition coefficient (Wildman–Crippen LogP) is 2.98. The smallest absolute Gasteiger partial charge is 0.259 e. The largest absolute Gasteiger partial charge is 0.370 e. The molecule has 1 saturated carbocycles. The molecule has 0 radical (unpaired) electrons. The molecule has 0 amide bonds. The van der Waals surface area contributed by atoms with Gasteiger partial charge in [-0.3, -0.25) is 0 Å². The summed E-state index contributed by atoms with van der Waals surface area (Å²) in [6.07, 6.45) is 4.78. The first-order valence-corrected chi connectivity index (χ1v) is 7.46. The molecule has 1 N–H and O–H groups in total. The number of hydrogen-bond acceptors (Lipinski definition) is 6. The lowest BCUT2D eigenvalue weighted by Gasteiger charge is -2.37. The molecule has 3 rings (SSSR count). The van der Waals surface area contributed by atoms with Gasteiger partial charge in [0.1, 0.15) is 11.4 Å². The summed E-state index contributed by atoms with van der Waals surface area (Å²) >= 11 is 0. The molecular formula is C15H20N4O2. The molecule has 0 spiro atoms. The number of nitrogens with zero attached hydrogens (tertiary/aromatic N) is 3. The molecule has 2 heterocycles. The van der Waals surface area contributed by atoms with Gasteiger partial charge in [0, 0.05) is 24.9 Å². The first-order chi connectivity index (χ1) is 10.3.